The van der Waals surface area contributed by atoms with Gasteiger partial charge < -0.3 is 10.6 Å². The minimum Gasteiger partial charge on any atom is -0.356 e. The molecular formula is C15H16ClN3S. The second-order valence-corrected chi connectivity index (χ2v) is 5.18. The van der Waals surface area contributed by atoms with Crippen LogP contribution in [-0.2, 0) is 0 Å². The van der Waals surface area contributed by atoms with Crippen LogP contribution in [0.2, 0.25) is 5.02 Å². The number of nitrogens with zero attached hydrogens (tertiary/aromatic N) is 1. The summed E-state index contributed by atoms with van der Waals surface area (Å²) in [5.41, 5.74) is 1.21. The molecule has 1 heterocycles. The number of thiocarbonyl (C=S) groups is 1. The van der Waals surface area contributed by atoms with Gasteiger partial charge in [-0.1, -0.05) is 48.9 Å². The fourth-order valence-corrected chi connectivity index (χ4v) is 2.23. The maximum atomic E-state index is 5.80. The van der Waals surface area contributed by atoms with Gasteiger partial charge in [0.25, 0.3) is 0 Å². The summed E-state index contributed by atoms with van der Waals surface area (Å²) in [4.78, 5) is 4.15. The third-order valence-electron chi connectivity index (χ3n) is 2.88. The van der Waals surface area contributed by atoms with Gasteiger partial charge in [0.15, 0.2) is 5.11 Å². The molecule has 0 saturated heterocycles. The summed E-state index contributed by atoms with van der Waals surface area (Å²) in [5.74, 6) is 0.676. The Kier molecular flexibility index (Phi) is 5.32. The summed E-state index contributed by atoms with van der Waals surface area (Å²) in [7, 11) is 0. The van der Waals surface area contributed by atoms with Crippen LogP contribution in [-0.4, -0.2) is 10.1 Å². The van der Waals surface area contributed by atoms with Crippen molar-refractivity contribution in [1.29, 1.82) is 0 Å². The Morgan fingerprint density at radius 2 is 2.00 bits per heavy atom. The minimum atomic E-state index is 0.184. The molecule has 20 heavy (non-hydrogen) atoms. The summed E-state index contributed by atoms with van der Waals surface area (Å²) < 4.78 is 0. The number of rotatable bonds is 4. The predicted octanol–water partition coefficient (Wildman–Crippen LogP) is 4.17. The summed E-state index contributed by atoms with van der Waals surface area (Å²) in [6.45, 7) is 2.12. The van der Waals surface area contributed by atoms with Crippen LogP contribution in [0.15, 0.2) is 48.7 Å². The quantitative estimate of drug-likeness (QED) is 0.831. The first-order valence-corrected chi connectivity index (χ1v) is 7.21. The summed E-state index contributed by atoms with van der Waals surface area (Å²) in [6.07, 6.45) is 2.53. The number of halogens is 1. The zero-order valence-electron chi connectivity index (χ0n) is 11.1. The first kappa shape index (κ1) is 14.8. The van der Waals surface area contributed by atoms with Crippen molar-refractivity contribution in [2.24, 2.45) is 0 Å². The molecule has 3 nitrogen and oxygen atoms in total. The normalized spacial score (nSPS) is 11.7. The molecule has 0 fully saturated rings. The predicted molar refractivity (Wildman–Crippen MR) is 88.1 cm³/mol. The van der Waals surface area contributed by atoms with Crippen molar-refractivity contribution < 1.29 is 0 Å². The molecule has 0 bridgehead atoms. The van der Waals surface area contributed by atoms with E-state index in [0.717, 1.165) is 6.42 Å². The largest absolute Gasteiger partial charge is 0.356 e. The second-order valence-electron chi connectivity index (χ2n) is 4.33. The molecule has 0 amide bonds. The Bertz CT molecular complexity index is 557. The van der Waals surface area contributed by atoms with E-state index in [1.165, 1.54) is 5.56 Å². The Hall–Kier alpha value is -1.65. The fourth-order valence-electron chi connectivity index (χ4n) is 1.87. The number of anilines is 1. The summed E-state index contributed by atoms with van der Waals surface area (Å²) >= 11 is 11.1. The molecule has 2 N–H and O–H groups in total. The smallest absolute Gasteiger partial charge is 0.172 e. The number of nitrogens with one attached hydrogen (secondary N) is 2. The van der Waals surface area contributed by atoms with E-state index in [0.29, 0.717) is 16.0 Å². The molecule has 0 aliphatic rings. The van der Waals surface area contributed by atoms with Crippen molar-refractivity contribution in [3.63, 3.8) is 0 Å². The van der Waals surface area contributed by atoms with E-state index < -0.39 is 0 Å². The van der Waals surface area contributed by atoms with Crippen LogP contribution in [0.25, 0.3) is 0 Å². The lowest BCUT2D eigenvalue weighted by Crippen LogP contribution is -2.32. The highest BCUT2D eigenvalue weighted by Gasteiger charge is 2.10. The minimum absolute atomic E-state index is 0.184. The van der Waals surface area contributed by atoms with Crippen molar-refractivity contribution in [1.82, 2.24) is 10.3 Å². The van der Waals surface area contributed by atoms with Gasteiger partial charge in [0.1, 0.15) is 5.82 Å². The van der Waals surface area contributed by atoms with Gasteiger partial charge in [-0.15, -0.1) is 0 Å². The second kappa shape index (κ2) is 7.22. The molecule has 1 unspecified atom stereocenters. The van der Waals surface area contributed by atoms with Gasteiger partial charge in [-0.3, -0.25) is 0 Å². The van der Waals surface area contributed by atoms with Crippen LogP contribution in [0, 0.1) is 0 Å². The summed E-state index contributed by atoms with van der Waals surface area (Å²) in [6, 6.07) is 14.0. The Morgan fingerprint density at radius 3 is 2.60 bits per heavy atom. The van der Waals surface area contributed by atoms with E-state index in [9.17, 15) is 0 Å². The number of aromatic nitrogens is 1. The lowest BCUT2D eigenvalue weighted by molar-refractivity contribution is 0.629. The van der Waals surface area contributed by atoms with Crippen molar-refractivity contribution in [3.8, 4) is 0 Å². The van der Waals surface area contributed by atoms with Crippen molar-refractivity contribution in [2.75, 3.05) is 5.32 Å². The first-order valence-electron chi connectivity index (χ1n) is 6.43. The monoisotopic (exact) mass is 305 g/mol. The molecule has 5 heteroatoms. The van der Waals surface area contributed by atoms with E-state index >= 15 is 0 Å². The van der Waals surface area contributed by atoms with Gasteiger partial charge >= 0.3 is 0 Å². The Balaban J connectivity index is 1.97. The third kappa shape index (κ3) is 4.18. The average molecular weight is 306 g/mol. The number of pyridine rings is 1. The van der Waals surface area contributed by atoms with Gasteiger partial charge in [0.05, 0.1) is 11.1 Å². The molecule has 0 aliphatic carbocycles. The van der Waals surface area contributed by atoms with Crippen LogP contribution in [0.4, 0.5) is 5.82 Å². The highest BCUT2D eigenvalue weighted by atomic mass is 35.5. The Labute approximate surface area is 129 Å². The SMILES string of the molecule is CCC(NC(=S)Nc1ccc(Cl)cn1)c1ccccc1. The van der Waals surface area contributed by atoms with Crippen LogP contribution in [0.3, 0.4) is 0 Å². The maximum absolute atomic E-state index is 5.80. The lowest BCUT2D eigenvalue weighted by Gasteiger charge is -2.19. The molecule has 1 aromatic heterocycles. The molecule has 0 radical (unpaired) electrons. The maximum Gasteiger partial charge on any atom is 0.172 e. The molecule has 2 rings (SSSR count). The highest BCUT2D eigenvalue weighted by Crippen LogP contribution is 2.16. The first-order chi connectivity index (χ1) is 9.69. The van der Waals surface area contributed by atoms with E-state index in [1.807, 2.05) is 18.2 Å². The standard InChI is InChI=1S/C15H16ClN3S/c1-2-13(11-6-4-3-5-7-11)18-15(20)19-14-9-8-12(16)10-17-14/h3-10,13H,2H2,1H3,(H2,17,18,19,20). The zero-order chi connectivity index (χ0) is 14.4. The van der Waals surface area contributed by atoms with E-state index in [-0.39, 0.29) is 6.04 Å². The highest BCUT2D eigenvalue weighted by molar-refractivity contribution is 7.80. The van der Waals surface area contributed by atoms with Gasteiger partial charge in [-0.25, -0.2) is 4.98 Å². The van der Waals surface area contributed by atoms with Gasteiger partial charge in [-0.2, -0.15) is 0 Å². The molecule has 104 valence electrons. The molecule has 1 aromatic carbocycles. The molecule has 2 aromatic rings. The van der Waals surface area contributed by atoms with Crippen LogP contribution in [0.5, 0.6) is 0 Å². The molecule has 0 spiro atoms. The van der Waals surface area contributed by atoms with E-state index in [4.69, 9.17) is 23.8 Å². The van der Waals surface area contributed by atoms with E-state index in [1.54, 1.807) is 18.3 Å². The van der Waals surface area contributed by atoms with Gasteiger partial charge in [0.2, 0.25) is 0 Å². The van der Waals surface area contributed by atoms with Crippen LogP contribution < -0.4 is 10.6 Å². The number of hydrogen-bond acceptors (Lipinski definition) is 2. The van der Waals surface area contributed by atoms with Gasteiger partial charge in [0, 0.05) is 6.20 Å². The topological polar surface area (TPSA) is 37.0 Å². The van der Waals surface area contributed by atoms with Crippen molar-refractivity contribution in [3.05, 3.63) is 59.2 Å². The fraction of sp³-hybridized carbons (Fsp3) is 0.200. The third-order valence-corrected chi connectivity index (χ3v) is 3.33. The average Bonchev–Trinajstić information content (AvgIpc) is 2.48. The van der Waals surface area contributed by atoms with Crippen molar-refractivity contribution in [2.45, 2.75) is 19.4 Å². The van der Waals surface area contributed by atoms with Crippen LogP contribution in [0.1, 0.15) is 24.9 Å². The zero-order valence-corrected chi connectivity index (χ0v) is 12.7. The van der Waals surface area contributed by atoms with Gasteiger partial charge in [-0.05, 0) is 36.3 Å². The lowest BCUT2D eigenvalue weighted by atomic mass is 10.1. The van der Waals surface area contributed by atoms with Crippen LogP contribution >= 0.6 is 23.8 Å². The van der Waals surface area contributed by atoms with Crippen molar-refractivity contribution >= 4 is 34.7 Å². The molecule has 0 aliphatic heterocycles. The molecule has 0 saturated carbocycles. The molecule has 1 atom stereocenters. The Morgan fingerprint density at radius 1 is 1.25 bits per heavy atom. The van der Waals surface area contributed by atoms with E-state index in [2.05, 4.69) is 34.7 Å². The number of benzene rings is 1. The summed E-state index contributed by atoms with van der Waals surface area (Å²) in [5, 5.41) is 7.50. The molecular weight excluding hydrogens is 290 g/mol. The number of hydrogen-bond donors (Lipinski definition) is 2.